The molecular formula is C90H126N36O15. The van der Waals surface area contributed by atoms with Crippen LogP contribution >= 0.6 is 0 Å². The molecule has 1 aliphatic rings. The van der Waals surface area contributed by atoms with Crippen molar-refractivity contribution in [2.24, 2.45) is 34.4 Å². The number of unbranched alkanes of at least 4 members (excludes halogenated alkanes) is 3. The molecule has 756 valence electrons. The van der Waals surface area contributed by atoms with Gasteiger partial charge in [0.2, 0.25) is 88.6 Å². The number of aryl methyl sites for hydroxylation is 3. The maximum absolute atomic E-state index is 16.0. The van der Waals surface area contributed by atoms with E-state index in [9.17, 15) is 43.2 Å². The van der Waals surface area contributed by atoms with Gasteiger partial charge in [-0.2, -0.15) is 0 Å². The van der Waals surface area contributed by atoms with E-state index in [-0.39, 0.29) is 151 Å². The molecule has 51 nitrogen and oxygen atoms in total. The summed E-state index contributed by atoms with van der Waals surface area (Å²) in [5.74, 6) is -12.8. The maximum Gasteiger partial charge on any atom is 0.243 e. The number of fused-ring (bicyclic) bond motifs is 3. The van der Waals surface area contributed by atoms with Gasteiger partial charge in [0.25, 0.3) is 0 Å². The number of aromatic nitrogens is 12. The van der Waals surface area contributed by atoms with E-state index in [0.29, 0.717) is 87.9 Å². The molecule has 33 N–H and O–H groups in total. The highest BCUT2D eigenvalue weighted by Crippen LogP contribution is 2.25. The molecule has 51 heteroatoms. The molecule has 7 heterocycles. The second kappa shape index (κ2) is 52.8. The van der Waals surface area contributed by atoms with Crippen molar-refractivity contribution in [2.75, 3.05) is 19.6 Å². The number of nitrogens with zero attached hydrogens (tertiary/aromatic N) is 9. The minimum atomic E-state index is -1.71. The molecule has 9 aromatic rings. The van der Waals surface area contributed by atoms with Gasteiger partial charge in [-0.25, -0.2) is 0 Å². The standard InChI is InChI=1S/C90H126N36O15/c1-49(127)106-67(79(133)109-64(76(91)130)28-16-31-100-88(94)95)25-10-13-34-124-46-55(118-121-124)40-73-85(139)112-71(38-53-44-104-62-23-8-5-20-59(53)62)83(137)116-75(42-57-48-126(123-120-57)36-15-12-27-69(108-51(3)129)81(135)111-66(78(93)132)30-18-33-102-90(98)99)87(141)114-72(39-54-45-105-63-24-9-6-21-60(54)63)84(138)117-74(86(140)113-70(82(136)115-73)37-52-43-103-61-22-7-4-19-58(52)61)41-56-47-125(122-119-56)35-14-11-26-68(107-50(2)128)80(134)110-65(77(92)131)29-17-32-101-89(96)97/h4-9,19-24,43-48,64-75,103-105H,10-18,25-42H2,1-3H3,(H2,91,130)(H2,92,131)(H2,93,132)(H,106,127)(H,107,128)(H,108,129)(H,109,133)(H,110,134)(H,111,135)(H,112,139)(H,113,140)(H,114,141)(H,115,136)(H,116,137)(H,117,138)(H4,94,95,100)(H4,96,97,101)(H4,98,99,102)/t64-,65-,66-,67-,68-,69-,70-,71-,72-,73-,74-,75-/m0/s1. The van der Waals surface area contributed by atoms with Crippen molar-refractivity contribution >= 4 is 139 Å². The van der Waals surface area contributed by atoms with Crippen LogP contribution in [0, 0.1) is 16.2 Å². The zero-order valence-corrected chi connectivity index (χ0v) is 78.5. The second-order valence-corrected chi connectivity index (χ2v) is 34.7. The van der Waals surface area contributed by atoms with E-state index in [2.05, 4.69) is 126 Å². The van der Waals surface area contributed by atoms with Crippen molar-refractivity contribution in [1.82, 2.24) is 140 Å². The molecule has 1 fully saturated rings. The van der Waals surface area contributed by atoms with E-state index in [4.69, 9.17) is 50.6 Å². The zero-order valence-electron chi connectivity index (χ0n) is 78.5. The van der Waals surface area contributed by atoms with Crippen molar-refractivity contribution in [2.45, 2.75) is 248 Å². The molecule has 0 saturated carbocycles. The Kier molecular flexibility index (Phi) is 39.9. The molecule has 6 aromatic heterocycles. The Labute approximate surface area is 808 Å². The topological polar surface area (TPSA) is 804 Å². The number of nitrogens with one attached hydrogen (secondary N) is 21. The zero-order chi connectivity index (χ0) is 102. The molecule has 15 amide bonds. The second-order valence-electron chi connectivity index (χ2n) is 34.7. The summed E-state index contributed by atoms with van der Waals surface area (Å²) in [6.07, 6.45) is 10.5. The fourth-order valence-electron chi connectivity index (χ4n) is 16.4. The number of primary amides is 3. The first kappa shape index (κ1) is 107. The summed E-state index contributed by atoms with van der Waals surface area (Å²) in [5.41, 5.74) is 37.0. The third-order valence-electron chi connectivity index (χ3n) is 23.5. The molecule has 0 unspecified atom stereocenters. The quantitative estimate of drug-likeness (QED) is 0.00968. The number of hydrogen-bond donors (Lipinski definition) is 27. The molecule has 0 radical (unpaired) electrons. The van der Waals surface area contributed by atoms with E-state index < -0.39 is 180 Å². The average molecular weight is 1950 g/mol. The van der Waals surface area contributed by atoms with Crippen LogP contribution in [0.1, 0.15) is 151 Å². The Morgan fingerprint density at radius 1 is 0.326 bits per heavy atom. The number of nitrogens with two attached hydrogens (primary N) is 6. The third-order valence-corrected chi connectivity index (χ3v) is 23.5. The number of para-hydroxylation sites is 3. The summed E-state index contributed by atoms with van der Waals surface area (Å²) in [6.45, 7) is 4.74. The van der Waals surface area contributed by atoms with Gasteiger partial charge in [-0.15, -0.1) is 15.3 Å². The lowest BCUT2D eigenvalue weighted by Crippen LogP contribution is -2.62. The smallest absolute Gasteiger partial charge is 0.243 e. The van der Waals surface area contributed by atoms with E-state index in [1.54, 1.807) is 91.4 Å². The van der Waals surface area contributed by atoms with Crippen molar-refractivity contribution in [3.8, 4) is 0 Å². The fraction of sp³-hybridized carbons (Fsp3) is 0.467. The van der Waals surface area contributed by atoms with Crippen LogP contribution in [0.15, 0.2) is 110 Å². The summed E-state index contributed by atoms with van der Waals surface area (Å²) in [7, 11) is 0. The predicted octanol–water partition coefficient (Wildman–Crippen LogP) is -4.69. The van der Waals surface area contributed by atoms with Gasteiger partial charge in [-0.05, 0) is 131 Å². The Morgan fingerprint density at radius 2 is 0.560 bits per heavy atom. The molecule has 0 bridgehead atoms. The van der Waals surface area contributed by atoms with E-state index in [1.807, 2.05) is 0 Å². The van der Waals surface area contributed by atoms with Crippen LogP contribution in [0.5, 0.6) is 0 Å². The molecular weight excluding hydrogens is 1830 g/mol. The number of rotatable bonds is 51. The van der Waals surface area contributed by atoms with Crippen LogP contribution in [0.2, 0.25) is 0 Å². The average Bonchev–Trinajstić information content (AvgIpc) is 1.70. The number of H-pyrrole nitrogens is 3. The first-order chi connectivity index (χ1) is 67.5. The van der Waals surface area contributed by atoms with Crippen LogP contribution in [-0.4, -0.2) is 259 Å². The summed E-state index contributed by atoms with van der Waals surface area (Å²) in [5, 5.41) is 91.4. The van der Waals surface area contributed by atoms with Crippen LogP contribution in [0.4, 0.5) is 0 Å². The molecule has 12 atom stereocenters. The summed E-state index contributed by atoms with van der Waals surface area (Å²) in [4.78, 5) is 222. The molecule has 0 spiro atoms. The summed E-state index contributed by atoms with van der Waals surface area (Å²) < 4.78 is 4.33. The van der Waals surface area contributed by atoms with Crippen LogP contribution < -0.4 is 114 Å². The van der Waals surface area contributed by atoms with E-state index in [1.165, 1.54) is 53.4 Å². The normalized spacial score (nSPS) is 17.3. The molecule has 1 aliphatic heterocycles. The van der Waals surface area contributed by atoms with Crippen molar-refractivity contribution in [3.63, 3.8) is 0 Å². The first-order valence-electron chi connectivity index (χ1n) is 46.5. The van der Waals surface area contributed by atoms with Gasteiger partial charge in [0.15, 0.2) is 17.9 Å². The first-order valence-corrected chi connectivity index (χ1v) is 46.5. The Bertz CT molecular complexity index is 5360. The van der Waals surface area contributed by atoms with Gasteiger partial charge in [0, 0.05) is 168 Å². The number of hydrogen-bond acceptors (Lipinski definition) is 24. The minimum absolute atomic E-state index is 0.0773. The summed E-state index contributed by atoms with van der Waals surface area (Å²) >= 11 is 0. The lowest BCUT2D eigenvalue weighted by atomic mass is 10.00. The van der Waals surface area contributed by atoms with Gasteiger partial charge in [-0.1, -0.05) is 70.2 Å². The van der Waals surface area contributed by atoms with Crippen molar-refractivity contribution in [1.29, 1.82) is 16.2 Å². The molecule has 10 rings (SSSR count). The number of carbonyl (C=O) groups is 15. The SMILES string of the molecule is CC(=O)N[C@@H](CCCCn1cc(C[C@@H]2NC(=O)[C@H](Cc3c[nH]c4ccccc34)NC(=O)[C@H](Cc3cn(CCCC[C@H](NC(C)=O)C(=O)N[C@@H](CCCNC(=N)N)C(N)=O)nn3)NC(=O)[C@H](Cc3c[nH]c4ccccc34)NC(=O)[C@H](Cc3cn(CCCC[C@H](NC(C)=O)C(=O)N[C@@H](CCCNC(=N)N)C(N)=O)nn3)NC(=O)[C@H](Cc3c[nH]c4ccccc34)NC2=O)nn1)C(=O)N[C@@H](CCCNC(=N)N)C(N)=O. The highest BCUT2D eigenvalue weighted by molar-refractivity contribution is 6.01. The van der Waals surface area contributed by atoms with Crippen molar-refractivity contribution < 1.29 is 71.9 Å². The number of carbonyl (C=O) groups excluding carboxylic acids is 15. The monoisotopic (exact) mass is 1950 g/mol. The highest BCUT2D eigenvalue weighted by atomic mass is 16.2. The van der Waals surface area contributed by atoms with Crippen LogP contribution in [0.25, 0.3) is 32.7 Å². The minimum Gasteiger partial charge on any atom is -0.370 e. The maximum atomic E-state index is 16.0. The highest BCUT2D eigenvalue weighted by Gasteiger charge is 2.39. The Balaban J connectivity index is 0.998. The van der Waals surface area contributed by atoms with Gasteiger partial charge in [0.1, 0.15) is 72.5 Å². The third kappa shape index (κ3) is 33.8. The Hall–Kier alpha value is -16.4. The number of amides is 15. The Morgan fingerprint density at radius 3 is 0.794 bits per heavy atom. The van der Waals surface area contributed by atoms with Crippen molar-refractivity contribution in [3.05, 3.63) is 144 Å². The molecule has 3 aromatic carbocycles. The van der Waals surface area contributed by atoms with Gasteiger partial charge >= 0.3 is 0 Å². The largest absolute Gasteiger partial charge is 0.370 e. The molecule has 0 aliphatic carbocycles. The lowest BCUT2D eigenvalue weighted by molar-refractivity contribution is -0.136. The summed E-state index contributed by atoms with van der Waals surface area (Å²) in [6, 6.07) is 4.73. The lowest BCUT2D eigenvalue weighted by Gasteiger charge is -2.29. The number of benzene rings is 3. The van der Waals surface area contributed by atoms with Gasteiger partial charge < -0.3 is 129 Å². The molecule has 1 saturated heterocycles. The number of aromatic amines is 3. The van der Waals surface area contributed by atoms with Gasteiger partial charge in [-0.3, -0.25) is 102 Å². The van der Waals surface area contributed by atoms with E-state index >= 15 is 28.8 Å². The molecule has 141 heavy (non-hydrogen) atoms. The number of guanidine groups is 3. The van der Waals surface area contributed by atoms with Gasteiger partial charge in [0.05, 0.1) is 17.1 Å². The van der Waals surface area contributed by atoms with E-state index in [0.717, 1.165) is 0 Å². The van der Waals surface area contributed by atoms with Crippen LogP contribution in [-0.2, 0) is 130 Å². The van der Waals surface area contributed by atoms with Crippen LogP contribution in [0.3, 0.4) is 0 Å². The predicted molar refractivity (Wildman–Crippen MR) is 514 cm³/mol. The fourth-order valence-corrected chi connectivity index (χ4v) is 16.4.